The molecule has 3 heterocycles. The zero-order valence-electron chi connectivity index (χ0n) is 12.3. The van der Waals surface area contributed by atoms with Crippen LogP contribution in [0.1, 0.15) is 19.8 Å². The van der Waals surface area contributed by atoms with Crippen LogP contribution in [0.4, 0.5) is 5.82 Å². The van der Waals surface area contributed by atoms with Gasteiger partial charge in [-0.1, -0.05) is 11.6 Å². The molecule has 2 saturated heterocycles. The molecule has 0 amide bonds. The Morgan fingerprint density at radius 1 is 1.52 bits per heavy atom. The van der Waals surface area contributed by atoms with Gasteiger partial charge in [-0.25, -0.2) is 4.98 Å². The van der Waals surface area contributed by atoms with E-state index in [1.807, 2.05) is 0 Å². The van der Waals surface area contributed by atoms with Crippen molar-refractivity contribution in [3.63, 3.8) is 0 Å². The van der Waals surface area contributed by atoms with Crippen molar-refractivity contribution in [1.29, 1.82) is 0 Å². The van der Waals surface area contributed by atoms with Gasteiger partial charge in [0.1, 0.15) is 10.6 Å². The molecule has 21 heavy (non-hydrogen) atoms. The van der Waals surface area contributed by atoms with Gasteiger partial charge in [-0.3, -0.25) is 0 Å². The quantitative estimate of drug-likeness (QED) is 0.831. The van der Waals surface area contributed by atoms with E-state index in [2.05, 4.69) is 21.8 Å². The van der Waals surface area contributed by atoms with Crippen LogP contribution in [0, 0.1) is 0 Å². The fourth-order valence-corrected chi connectivity index (χ4v) is 3.30. The van der Waals surface area contributed by atoms with Crippen LogP contribution in [0.15, 0.2) is 6.20 Å². The molecule has 7 heteroatoms. The van der Waals surface area contributed by atoms with Gasteiger partial charge in [0.2, 0.25) is 0 Å². The molecule has 6 nitrogen and oxygen atoms in total. The number of hydrogen-bond acceptors (Lipinski definition) is 6. The minimum Gasteiger partial charge on any atom is -0.467 e. The Hall–Kier alpha value is -1.11. The molecule has 0 saturated carbocycles. The van der Waals surface area contributed by atoms with Crippen LogP contribution in [-0.2, 0) is 9.47 Å². The molecular formula is C14H20ClN3O3. The lowest BCUT2D eigenvalue weighted by atomic mass is 9.93. The van der Waals surface area contributed by atoms with Gasteiger partial charge in [0, 0.05) is 13.2 Å². The predicted molar refractivity (Wildman–Crippen MR) is 79.1 cm³/mol. The van der Waals surface area contributed by atoms with Crippen molar-refractivity contribution in [2.75, 3.05) is 38.3 Å². The highest BCUT2D eigenvalue weighted by Gasteiger charge is 2.42. The molecule has 2 unspecified atom stereocenters. The molecule has 2 atom stereocenters. The van der Waals surface area contributed by atoms with E-state index in [0.29, 0.717) is 23.5 Å². The van der Waals surface area contributed by atoms with Gasteiger partial charge in [-0.05, 0) is 19.8 Å². The summed E-state index contributed by atoms with van der Waals surface area (Å²) in [5.74, 6) is 0.698. The summed E-state index contributed by atoms with van der Waals surface area (Å²) < 4.78 is 16.9. The summed E-state index contributed by atoms with van der Waals surface area (Å²) in [5.41, 5.74) is -0.266. The fourth-order valence-electron chi connectivity index (χ4n) is 3.09. The number of nitrogens with zero attached hydrogens (tertiary/aromatic N) is 3. The van der Waals surface area contributed by atoms with Gasteiger partial charge in [0.15, 0.2) is 5.82 Å². The summed E-state index contributed by atoms with van der Waals surface area (Å²) in [7, 11) is 1.55. The minimum atomic E-state index is -0.266. The zero-order chi connectivity index (χ0) is 14.9. The Bertz CT molecular complexity index is 508. The maximum Gasteiger partial charge on any atom is 0.318 e. The summed E-state index contributed by atoms with van der Waals surface area (Å²) in [6.45, 7) is 4.95. The summed E-state index contributed by atoms with van der Waals surface area (Å²) >= 11 is 6.27. The predicted octanol–water partition coefficient (Wildman–Crippen LogP) is 1.91. The summed E-state index contributed by atoms with van der Waals surface area (Å²) in [6, 6.07) is 0.322. The SMILES string of the molecule is COc1ncc(Cl)c(N2CC(C)OC3(CCCOC3)C2)n1. The lowest BCUT2D eigenvalue weighted by Crippen LogP contribution is -2.59. The molecule has 0 bridgehead atoms. The Morgan fingerprint density at radius 2 is 2.38 bits per heavy atom. The average molecular weight is 314 g/mol. The van der Waals surface area contributed by atoms with Gasteiger partial charge < -0.3 is 19.1 Å². The average Bonchev–Trinajstić information content (AvgIpc) is 2.47. The molecule has 0 radical (unpaired) electrons. The number of anilines is 1. The van der Waals surface area contributed by atoms with Crippen LogP contribution in [0.2, 0.25) is 5.02 Å². The second-order valence-electron chi connectivity index (χ2n) is 5.68. The highest BCUT2D eigenvalue weighted by atomic mass is 35.5. The maximum atomic E-state index is 6.27. The van der Waals surface area contributed by atoms with Crippen molar-refractivity contribution in [3.8, 4) is 6.01 Å². The van der Waals surface area contributed by atoms with Crippen LogP contribution in [0.3, 0.4) is 0 Å². The number of hydrogen-bond donors (Lipinski definition) is 0. The normalized spacial score (nSPS) is 29.7. The van der Waals surface area contributed by atoms with Gasteiger partial charge >= 0.3 is 6.01 Å². The van der Waals surface area contributed by atoms with Crippen molar-refractivity contribution in [2.45, 2.75) is 31.5 Å². The first-order chi connectivity index (χ1) is 10.1. The Morgan fingerprint density at radius 3 is 3.10 bits per heavy atom. The molecule has 2 fully saturated rings. The molecular weight excluding hydrogens is 294 g/mol. The number of morpholine rings is 1. The molecule has 0 N–H and O–H groups in total. The Balaban J connectivity index is 1.87. The van der Waals surface area contributed by atoms with Crippen molar-refractivity contribution in [3.05, 3.63) is 11.2 Å². The van der Waals surface area contributed by atoms with E-state index in [1.165, 1.54) is 0 Å². The Labute approximate surface area is 129 Å². The first-order valence-electron chi connectivity index (χ1n) is 7.19. The fraction of sp³-hybridized carbons (Fsp3) is 0.714. The van der Waals surface area contributed by atoms with Crippen LogP contribution >= 0.6 is 11.6 Å². The molecule has 1 aromatic rings. The van der Waals surface area contributed by atoms with Crippen molar-refractivity contribution in [2.24, 2.45) is 0 Å². The molecule has 0 aromatic carbocycles. The number of halogens is 1. The van der Waals surface area contributed by atoms with Crippen LogP contribution in [0.5, 0.6) is 6.01 Å². The topological polar surface area (TPSA) is 56.7 Å². The van der Waals surface area contributed by atoms with E-state index in [-0.39, 0.29) is 11.7 Å². The van der Waals surface area contributed by atoms with E-state index in [0.717, 1.165) is 32.5 Å². The third kappa shape index (κ3) is 3.07. The second kappa shape index (κ2) is 5.94. The number of rotatable bonds is 2. The van der Waals surface area contributed by atoms with Crippen LogP contribution < -0.4 is 9.64 Å². The monoisotopic (exact) mass is 313 g/mol. The molecule has 116 valence electrons. The summed E-state index contributed by atoms with van der Waals surface area (Å²) in [4.78, 5) is 10.6. The van der Waals surface area contributed by atoms with Gasteiger partial charge in [0.25, 0.3) is 0 Å². The van der Waals surface area contributed by atoms with E-state index < -0.39 is 0 Å². The highest BCUT2D eigenvalue weighted by Crippen LogP contribution is 2.34. The largest absolute Gasteiger partial charge is 0.467 e. The summed E-state index contributed by atoms with van der Waals surface area (Å²) in [6.07, 6.45) is 3.68. The molecule has 2 aliphatic heterocycles. The minimum absolute atomic E-state index is 0.0949. The van der Waals surface area contributed by atoms with E-state index in [4.69, 9.17) is 25.8 Å². The standard InChI is InChI=1S/C14H20ClN3O3/c1-10-7-18(8-14(21-10)4-3-5-20-9-14)12-11(15)6-16-13(17-12)19-2/h6,10H,3-5,7-9H2,1-2H3. The first-order valence-corrected chi connectivity index (χ1v) is 7.57. The third-order valence-corrected chi connectivity index (χ3v) is 4.15. The zero-order valence-corrected chi connectivity index (χ0v) is 13.1. The van der Waals surface area contributed by atoms with Gasteiger partial charge in [-0.2, -0.15) is 4.98 Å². The highest BCUT2D eigenvalue weighted by molar-refractivity contribution is 6.32. The molecule has 1 spiro atoms. The maximum absolute atomic E-state index is 6.27. The van der Waals surface area contributed by atoms with E-state index >= 15 is 0 Å². The number of aromatic nitrogens is 2. The van der Waals surface area contributed by atoms with Crippen LogP contribution in [-0.4, -0.2) is 55.1 Å². The van der Waals surface area contributed by atoms with E-state index in [9.17, 15) is 0 Å². The molecule has 1 aromatic heterocycles. The smallest absolute Gasteiger partial charge is 0.318 e. The lowest BCUT2D eigenvalue weighted by Gasteiger charge is -2.47. The van der Waals surface area contributed by atoms with E-state index in [1.54, 1.807) is 13.3 Å². The first kappa shape index (κ1) is 14.8. The summed E-state index contributed by atoms with van der Waals surface area (Å²) in [5, 5.41) is 0.525. The Kier molecular flexibility index (Phi) is 4.19. The number of methoxy groups -OCH3 is 1. The van der Waals surface area contributed by atoms with Crippen molar-refractivity contribution < 1.29 is 14.2 Å². The molecule has 3 rings (SSSR count). The molecule has 0 aliphatic carbocycles. The third-order valence-electron chi connectivity index (χ3n) is 3.88. The van der Waals surface area contributed by atoms with Gasteiger partial charge in [-0.15, -0.1) is 0 Å². The second-order valence-corrected chi connectivity index (χ2v) is 6.08. The van der Waals surface area contributed by atoms with Crippen molar-refractivity contribution >= 4 is 17.4 Å². The lowest BCUT2D eigenvalue weighted by molar-refractivity contribution is -0.160. The van der Waals surface area contributed by atoms with Crippen molar-refractivity contribution in [1.82, 2.24) is 9.97 Å². The van der Waals surface area contributed by atoms with Gasteiger partial charge in [0.05, 0.1) is 32.6 Å². The molecule has 2 aliphatic rings. The van der Waals surface area contributed by atoms with Crippen LogP contribution in [0.25, 0.3) is 0 Å². The number of ether oxygens (including phenoxy) is 3.